The van der Waals surface area contributed by atoms with E-state index < -0.39 is 7.26 Å². The molecule has 0 bridgehead atoms. The fourth-order valence-electron chi connectivity index (χ4n) is 5.25. The summed E-state index contributed by atoms with van der Waals surface area (Å²) in [5, 5.41) is 16.3. The number of hydrogen-bond donors (Lipinski definition) is 0. The van der Waals surface area contributed by atoms with Crippen molar-refractivity contribution in [2.24, 2.45) is 0 Å². The lowest BCUT2D eigenvalue weighted by Gasteiger charge is -2.27. The Kier molecular flexibility index (Phi) is 9.12. The van der Waals surface area contributed by atoms with Crippen LogP contribution in [-0.2, 0) is 6.54 Å². The number of aromatic nitrogens is 1. The molecular formula is C31H30IN2O2P. The van der Waals surface area contributed by atoms with Gasteiger partial charge in [0, 0.05) is 18.8 Å². The Morgan fingerprint density at radius 3 is 1.70 bits per heavy atom. The second-order valence-electron chi connectivity index (χ2n) is 9.08. The van der Waals surface area contributed by atoms with E-state index in [1.165, 1.54) is 15.9 Å². The normalized spacial score (nSPS) is 11.2. The topological polar surface area (TPSA) is 48.1 Å². The molecule has 0 saturated heterocycles. The number of non-ortho nitro benzene ring substituents is 1. The molecule has 0 fully saturated rings. The lowest BCUT2D eigenvalue weighted by Crippen LogP contribution is -3.00. The van der Waals surface area contributed by atoms with Gasteiger partial charge in [-0.05, 0) is 67.8 Å². The highest BCUT2D eigenvalue weighted by atomic mass is 127. The molecule has 0 aliphatic heterocycles. The van der Waals surface area contributed by atoms with Gasteiger partial charge in [-0.25, -0.2) is 0 Å². The van der Waals surface area contributed by atoms with Gasteiger partial charge in [-0.2, -0.15) is 0 Å². The van der Waals surface area contributed by atoms with Crippen LogP contribution in [-0.4, -0.2) is 15.7 Å². The first kappa shape index (κ1) is 27.0. The van der Waals surface area contributed by atoms with Gasteiger partial charge in [0.15, 0.2) is 0 Å². The van der Waals surface area contributed by atoms with Gasteiger partial charge in [0.1, 0.15) is 23.2 Å². The highest BCUT2D eigenvalue weighted by Crippen LogP contribution is 2.56. The van der Waals surface area contributed by atoms with Gasteiger partial charge in [0.2, 0.25) is 0 Å². The Morgan fingerprint density at radius 1 is 0.649 bits per heavy atom. The molecule has 6 heteroatoms. The summed E-state index contributed by atoms with van der Waals surface area (Å²) in [6.45, 7) is 0.859. The largest absolute Gasteiger partial charge is 1.00 e. The number of hydrogen-bond acceptors (Lipinski definition) is 2. The number of benzene rings is 4. The van der Waals surface area contributed by atoms with E-state index >= 15 is 0 Å². The van der Waals surface area contributed by atoms with Crippen molar-refractivity contribution >= 4 is 39.8 Å². The molecule has 188 valence electrons. The molecule has 0 unspecified atom stereocenters. The summed E-state index contributed by atoms with van der Waals surface area (Å²) in [7, 11) is -1.79. The van der Waals surface area contributed by atoms with Crippen LogP contribution in [0.15, 0.2) is 121 Å². The summed E-state index contributed by atoms with van der Waals surface area (Å²) in [6, 6.07) is 40.2. The van der Waals surface area contributed by atoms with Gasteiger partial charge in [-0.3, -0.25) is 10.1 Å². The third-order valence-electron chi connectivity index (χ3n) is 6.97. The molecule has 37 heavy (non-hydrogen) atoms. The highest BCUT2D eigenvalue weighted by molar-refractivity contribution is 7.95. The van der Waals surface area contributed by atoms with Crippen LogP contribution in [0.2, 0.25) is 0 Å². The van der Waals surface area contributed by atoms with Gasteiger partial charge in [0.05, 0.1) is 22.0 Å². The number of aryl methyl sites for hydroxylation is 1. The van der Waals surface area contributed by atoms with E-state index in [0.29, 0.717) is 5.39 Å². The first-order valence-corrected chi connectivity index (χ1v) is 14.4. The molecular weight excluding hydrogens is 590 g/mol. The van der Waals surface area contributed by atoms with Crippen molar-refractivity contribution in [3.8, 4) is 0 Å². The minimum absolute atomic E-state index is 0. The Balaban J connectivity index is 0.00000320. The lowest BCUT2D eigenvalue weighted by molar-refractivity contribution is -0.383. The summed E-state index contributed by atoms with van der Waals surface area (Å²) in [5.41, 5.74) is 1.11. The average molecular weight is 620 g/mol. The van der Waals surface area contributed by atoms with Crippen molar-refractivity contribution in [3.63, 3.8) is 0 Å². The van der Waals surface area contributed by atoms with Crippen LogP contribution >= 0.6 is 7.26 Å². The number of nitro benzene ring substituents is 1. The predicted molar refractivity (Wildman–Crippen MR) is 152 cm³/mol. The highest BCUT2D eigenvalue weighted by Gasteiger charge is 2.44. The predicted octanol–water partition coefficient (Wildman–Crippen LogP) is 3.72. The fourth-order valence-corrected chi connectivity index (χ4v) is 9.66. The maximum atomic E-state index is 11.4. The van der Waals surface area contributed by atoms with E-state index in [-0.39, 0.29) is 34.6 Å². The minimum Gasteiger partial charge on any atom is -1.00 e. The Labute approximate surface area is 235 Å². The third-order valence-corrected chi connectivity index (χ3v) is 11.5. The molecule has 0 spiro atoms. The molecule has 0 saturated carbocycles. The molecule has 0 aliphatic rings. The first-order valence-electron chi connectivity index (χ1n) is 12.5. The number of nitrogens with zero attached hydrogens (tertiary/aromatic N) is 2. The molecule has 1 heterocycles. The van der Waals surface area contributed by atoms with Crippen LogP contribution in [0.3, 0.4) is 0 Å². The fraction of sp³-hybridized carbons (Fsp3) is 0.161. The molecule has 5 rings (SSSR count). The van der Waals surface area contributed by atoms with Crippen LogP contribution in [0, 0.1) is 10.1 Å². The minimum atomic E-state index is -1.79. The summed E-state index contributed by atoms with van der Waals surface area (Å²) in [4.78, 5) is 11.1. The van der Waals surface area contributed by atoms with E-state index in [2.05, 4.69) is 95.6 Å². The molecule has 5 aromatic rings. The van der Waals surface area contributed by atoms with E-state index in [1.807, 2.05) is 18.3 Å². The van der Waals surface area contributed by atoms with Crippen molar-refractivity contribution in [2.75, 3.05) is 6.16 Å². The smallest absolute Gasteiger partial charge is 0.278 e. The van der Waals surface area contributed by atoms with Crippen molar-refractivity contribution in [3.05, 3.63) is 132 Å². The number of rotatable bonds is 10. The average Bonchev–Trinajstić information content (AvgIpc) is 3.35. The monoisotopic (exact) mass is 620 g/mol. The van der Waals surface area contributed by atoms with Crippen LogP contribution < -0.4 is 39.9 Å². The Hall–Kier alpha value is -3.02. The van der Waals surface area contributed by atoms with E-state index in [4.69, 9.17) is 0 Å². The Bertz CT molecular complexity index is 1340. The molecule has 4 aromatic carbocycles. The maximum Gasteiger partial charge on any atom is 0.278 e. The maximum absolute atomic E-state index is 11.4. The summed E-state index contributed by atoms with van der Waals surface area (Å²) >= 11 is 0. The second-order valence-corrected chi connectivity index (χ2v) is 12.7. The van der Waals surface area contributed by atoms with E-state index in [0.717, 1.165) is 37.5 Å². The standard InChI is InChI=1S/C31H30N2O2P.HI/c34-33(35)31-21-13-20-30-29(31)22-24-32(30)23-11-4-12-25-36(26-14-5-1-6-15-26,27-16-7-2-8-17-27)28-18-9-3-10-19-28;/h1-3,5-10,13-22,24H,4,11-12,23,25H2;1H/q+1;/p-1. The van der Waals surface area contributed by atoms with Crippen LogP contribution in [0.1, 0.15) is 19.3 Å². The van der Waals surface area contributed by atoms with Gasteiger partial charge in [-0.15, -0.1) is 0 Å². The first-order chi connectivity index (χ1) is 17.7. The summed E-state index contributed by atoms with van der Waals surface area (Å²) in [5.74, 6) is 0. The zero-order valence-electron chi connectivity index (χ0n) is 20.6. The molecule has 0 aliphatic carbocycles. The molecule has 0 radical (unpaired) electrons. The summed E-state index contributed by atoms with van der Waals surface area (Å²) in [6.07, 6.45) is 6.34. The molecule has 0 atom stereocenters. The van der Waals surface area contributed by atoms with Gasteiger partial charge < -0.3 is 28.5 Å². The van der Waals surface area contributed by atoms with Gasteiger partial charge >= 0.3 is 0 Å². The number of fused-ring (bicyclic) bond motifs is 1. The zero-order valence-corrected chi connectivity index (χ0v) is 23.7. The van der Waals surface area contributed by atoms with E-state index in [1.54, 1.807) is 12.1 Å². The zero-order chi connectivity index (χ0) is 24.8. The number of unbranched alkanes of at least 4 members (excludes halogenated alkanes) is 2. The third kappa shape index (κ3) is 5.63. The number of nitro groups is 1. The van der Waals surface area contributed by atoms with Crippen LogP contribution in [0.5, 0.6) is 0 Å². The quantitative estimate of drug-likeness (QED) is 0.0787. The van der Waals surface area contributed by atoms with Crippen molar-refractivity contribution < 1.29 is 28.9 Å². The molecule has 0 amide bonds. The molecule has 0 N–H and O–H groups in total. The van der Waals surface area contributed by atoms with Crippen molar-refractivity contribution in [1.29, 1.82) is 0 Å². The summed E-state index contributed by atoms with van der Waals surface area (Å²) < 4.78 is 2.15. The van der Waals surface area contributed by atoms with Gasteiger partial charge in [0.25, 0.3) is 5.69 Å². The Morgan fingerprint density at radius 2 is 1.19 bits per heavy atom. The second kappa shape index (κ2) is 12.5. The number of halogens is 1. The van der Waals surface area contributed by atoms with Crippen LogP contribution in [0.4, 0.5) is 5.69 Å². The molecule has 1 aromatic heterocycles. The van der Waals surface area contributed by atoms with Crippen LogP contribution in [0.25, 0.3) is 10.9 Å². The van der Waals surface area contributed by atoms with E-state index in [9.17, 15) is 10.1 Å². The molecule has 4 nitrogen and oxygen atoms in total. The van der Waals surface area contributed by atoms with Crippen molar-refractivity contribution in [1.82, 2.24) is 4.57 Å². The van der Waals surface area contributed by atoms with Crippen molar-refractivity contribution in [2.45, 2.75) is 25.8 Å². The van der Waals surface area contributed by atoms with Gasteiger partial charge in [-0.1, -0.05) is 60.7 Å². The SMILES string of the molecule is O=[N+]([O-])c1cccc2c1ccn2CCCCC[P+](c1ccccc1)(c1ccccc1)c1ccccc1.[I-]. The lowest BCUT2D eigenvalue weighted by atomic mass is 10.2.